The van der Waals surface area contributed by atoms with Crippen LogP contribution >= 0.6 is 0 Å². The molecular weight excluding hydrogens is 695 g/mol. The van der Waals surface area contributed by atoms with Gasteiger partial charge >= 0.3 is 12.2 Å². The van der Waals surface area contributed by atoms with Gasteiger partial charge in [-0.1, -0.05) is 39.3 Å². The zero-order valence-electron chi connectivity index (χ0n) is 29.8. The lowest BCUT2D eigenvalue weighted by atomic mass is 10.0. The molecule has 17 heteroatoms. The molecule has 16 nitrogen and oxygen atoms in total. The smallest absolute Gasteiger partial charge is 0.429 e. The number of ether oxygens (including phenoxy) is 2. The fourth-order valence-corrected chi connectivity index (χ4v) is 4.55. The Morgan fingerprint density at radius 1 is 0.962 bits per heavy atom. The monoisotopic (exact) mass is 740 g/mol. The molecule has 53 heavy (non-hydrogen) atoms. The van der Waals surface area contributed by atoms with Gasteiger partial charge in [-0.3, -0.25) is 34.2 Å². The van der Waals surface area contributed by atoms with Crippen LogP contribution in [0.5, 0.6) is 5.75 Å². The Morgan fingerprint density at radius 3 is 2.15 bits per heavy atom. The van der Waals surface area contributed by atoms with E-state index in [1.54, 1.807) is 38.1 Å². The molecule has 0 bridgehead atoms. The number of nitrogens with one attached hydrogen (secondary N) is 3. The first-order valence-corrected chi connectivity index (χ1v) is 16.9. The fourth-order valence-electron chi connectivity index (χ4n) is 4.55. The standard InChI is InChI=1S/C32H35FN4O9.C4H10N2O/c1-21(2)31(35-27(38)6-4-3-5-19-36-29(40)17-18-30(36)41)26(33)15-16-28(39)34-23-9-7-22(8-10-23)20-45-32(42)46-25-13-11-24(12-14-25)37(43)44;1-2-3-6-4(5)7/h7-15,17-18,21,31H,3-6,16,19-20H2,1-2H3,(H,34,39)(H,35,38);2-3H2,1H3,(H3,5,6,7)/b26-15-;. The van der Waals surface area contributed by atoms with Crippen LogP contribution in [0.1, 0.15) is 64.9 Å². The maximum atomic E-state index is 15.0. The molecule has 1 aliphatic rings. The number of halogens is 1. The van der Waals surface area contributed by atoms with Crippen LogP contribution in [0.2, 0.25) is 0 Å². The van der Waals surface area contributed by atoms with Crippen LogP contribution in [0, 0.1) is 16.0 Å². The maximum Gasteiger partial charge on any atom is 0.514 e. The summed E-state index contributed by atoms with van der Waals surface area (Å²) in [4.78, 5) is 81.0. The first-order valence-electron chi connectivity index (χ1n) is 16.9. The van der Waals surface area contributed by atoms with E-state index >= 15 is 0 Å². The number of imide groups is 1. The van der Waals surface area contributed by atoms with E-state index in [-0.39, 0.29) is 61.1 Å². The summed E-state index contributed by atoms with van der Waals surface area (Å²) >= 11 is 0. The van der Waals surface area contributed by atoms with Gasteiger partial charge in [0, 0.05) is 55.9 Å². The lowest BCUT2D eigenvalue weighted by Gasteiger charge is -2.21. The minimum Gasteiger partial charge on any atom is -0.429 e. The molecular formula is C36H45FN6O10. The van der Waals surface area contributed by atoms with Crippen molar-refractivity contribution in [2.24, 2.45) is 11.7 Å². The van der Waals surface area contributed by atoms with Crippen LogP contribution in [-0.2, 0) is 30.5 Å². The van der Waals surface area contributed by atoms with E-state index in [0.29, 0.717) is 37.1 Å². The third-order valence-corrected chi connectivity index (χ3v) is 7.34. The van der Waals surface area contributed by atoms with Gasteiger partial charge in [0.2, 0.25) is 11.8 Å². The number of carbonyl (C=O) groups is 6. The number of anilines is 1. The van der Waals surface area contributed by atoms with E-state index in [9.17, 15) is 43.3 Å². The highest BCUT2D eigenvalue weighted by Gasteiger charge is 2.23. The van der Waals surface area contributed by atoms with E-state index in [0.717, 1.165) is 17.4 Å². The molecule has 1 aliphatic heterocycles. The fraction of sp³-hybridized carbons (Fsp3) is 0.389. The van der Waals surface area contributed by atoms with Gasteiger partial charge in [0.25, 0.3) is 17.5 Å². The number of rotatable bonds is 18. The summed E-state index contributed by atoms with van der Waals surface area (Å²) in [6, 6.07) is 9.95. The van der Waals surface area contributed by atoms with E-state index in [1.807, 2.05) is 6.92 Å². The summed E-state index contributed by atoms with van der Waals surface area (Å²) in [5.41, 5.74) is 5.60. The van der Waals surface area contributed by atoms with E-state index in [4.69, 9.17) is 15.2 Å². The Labute approximate surface area is 306 Å². The highest BCUT2D eigenvalue weighted by atomic mass is 19.1. The van der Waals surface area contributed by atoms with Crippen molar-refractivity contribution < 1.29 is 47.6 Å². The molecule has 5 N–H and O–H groups in total. The van der Waals surface area contributed by atoms with E-state index in [2.05, 4.69) is 16.0 Å². The van der Waals surface area contributed by atoms with Crippen molar-refractivity contribution in [3.63, 3.8) is 0 Å². The number of non-ortho nitro benzene ring substituents is 1. The number of nitrogens with zero attached hydrogens (tertiary/aromatic N) is 2. The predicted octanol–water partition coefficient (Wildman–Crippen LogP) is 5.18. The third kappa shape index (κ3) is 16.6. The van der Waals surface area contributed by atoms with Gasteiger partial charge in [-0.05, 0) is 61.1 Å². The lowest BCUT2D eigenvalue weighted by Crippen LogP contribution is -2.39. The number of urea groups is 1. The number of benzene rings is 2. The average Bonchev–Trinajstić information content (AvgIpc) is 3.44. The number of amides is 6. The number of nitrogens with two attached hydrogens (primary N) is 1. The molecule has 0 aromatic heterocycles. The number of unbranched alkanes of at least 4 members (excludes halogenated alkanes) is 2. The maximum absolute atomic E-state index is 15.0. The van der Waals surface area contributed by atoms with Gasteiger partial charge in [0.1, 0.15) is 18.2 Å². The quantitative estimate of drug-likeness (QED) is 0.0391. The second-order valence-electron chi connectivity index (χ2n) is 12.0. The summed E-state index contributed by atoms with van der Waals surface area (Å²) in [6.45, 7) is 6.29. The average molecular weight is 741 g/mol. The molecule has 0 spiro atoms. The Balaban J connectivity index is 0.00000126. The molecule has 2 aromatic rings. The van der Waals surface area contributed by atoms with E-state index < -0.39 is 34.9 Å². The van der Waals surface area contributed by atoms with Crippen molar-refractivity contribution in [1.82, 2.24) is 15.5 Å². The van der Waals surface area contributed by atoms with Gasteiger partial charge in [-0.25, -0.2) is 14.0 Å². The number of primary amides is 1. The Kier molecular flexibility index (Phi) is 18.4. The van der Waals surface area contributed by atoms with Crippen LogP contribution < -0.4 is 26.4 Å². The van der Waals surface area contributed by atoms with Crippen LogP contribution in [0.15, 0.2) is 72.6 Å². The molecule has 0 aliphatic carbocycles. The molecule has 1 heterocycles. The minimum absolute atomic E-state index is 0.0825. The van der Waals surface area contributed by atoms with E-state index in [1.165, 1.54) is 36.4 Å². The van der Waals surface area contributed by atoms with Crippen molar-refractivity contribution in [1.29, 1.82) is 0 Å². The number of carbonyl (C=O) groups excluding carboxylic acids is 6. The Hall–Kier alpha value is -6.13. The van der Waals surface area contributed by atoms with Gasteiger partial charge < -0.3 is 31.2 Å². The van der Waals surface area contributed by atoms with Crippen LogP contribution in [0.4, 0.5) is 25.4 Å². The summed E-state index contributed by atoms with van der Waals surface area (Å²) in [7, 11) is 0. The topological polar surface area (TPSA) is 229 Å². The Morgan fingerprint density at radius 2 is 1.60 bits per heavy atom. The van der Waals surface area contributed by atoms with Crippen molar-refractivity contribution in [3.05, 3.63) is 88.3 Å². The second kappa shape index (κ2) is 22.6. The molecule has 286 valence electrons. The highest BCUT2D eigenvalue weighted by Crippen LogP contribution is 2.19. The molecule has 3 rings (SSSR count). The second-order valence-corrected chi connectivity index (χ2v) is 12.0. The molecule has 0 saturated heterocycles. The summed E-state index contributed by atoms with van der Waals surface area (Å²) < 4.78 is 25.0. The lowest BCUT2D eigenvalue weighted by molar-refractivity contribution is -0.384. The zero-order valence-corrected chi connectivity index (χ0v) is 29.8. The normalized spacial score (nSPS) is 12.8. The third-order valence-electron chi connectivity index (χ3n) is 7.34. The van der Waals surface area contributed by atoms with Gasteiger partial charge in [0.15, 0.2) is 0 Å². The zero-order chi connectivity index (χ0) is 39.3. The van der Waals surface area contributed by atoms with Crippen molar-refractivity contribution >= 4 is 47.2 Å². The highest BCUT2D eigenvalue weighted by molar-refractivity contribution is 6.12. The summed E-state index contributed by atoms with van der Waals surface area (Å²) in [5.74, 6) is -2.34. The van der Waals surface area contributed by atoms with Crippen molar-refractivity contribution in [2.75, 3.05) is 18.4 Å². The van der Waals surface area contributed by atoms with Gasteiger partial charge in [-0.2, -0.15) is 0 Å². The van der Waals surface area contributed by atoms with Crippen LogP contribution in [0.25, 0.3) is 0 Å². The molecule has 0 radical (unpaired) electrons. The number of nitro benzene ring substituents is 1. The SMILES string of the molecule is CC(C)C(NC(=O)CCCCCN1C(=O)C=CC1=O)/C(F)=C/CC(=O)Nc1ccc(COC(=O)Oc2ccc([N+](=O)[O-])cc2)cc1.CCCNC(N)=O. The van der Waals surface area contributed by atoms with Crippen molar-refractivity contribution in [3.8, 4) is 5.75 Å². The molecule has 0 fully saturated rings. The number of hydrogen-bond donors (Lipinski definition) is 4. The molecule has 6 amide bonds. The summed E-state index contributed by atoms with van der Waals surface area (Å²) in [6.07, 6.45) is 5.06. The van der Waals surface area contributed by atoms with Crippen molar-refractivity contribution in [2.45, 2.75) is 71.9 Å². The van der Waals surface area contributed by atoms with Crippen LogP contribution in [-0.4, -0.2) is 64.8 Å². The minimum atomic E-state index is -1.00. The first kappa shape index (κ1) is 43.0. The molecule has 2 aromatic carbocycles. The van der Waals surface area contributed by atoms with Gasteiger partial charge in [0.05, 0.1) is 11.0 Å². The molecule has 1 unspecified atom stereocenters. The summed E-state index contributed by atoms with van der Waals surface area (Å²) in [5, 5.41) is 18.4. The number of hydrogen-bond acceptors (Lipinski definition) is 10. The Bertz CT molecular complexity index is 1630. The molecule has 0 saturated carbocycles. The van der Waals surface area contributed by atoms with Crippen LogP contribution in [0.3, 0.4) is 0 Å². The molecule has 1 atom stereocenters. The largest absolute Gasteiger partial charge is 0.514 e. The number of nitro groups is 1. The van der Waals surface area contributed by atoms with Gasteiger partial charge in [-0.15, -0.1) is 0 Å². The first-order chi connectivity index (χ1) is 25.2. The predicted molar refractivity (Wildman–Crippen MR) is 192 cm³/mol.